The van der Waals surface area contributed by atoms with Crippen molar-refractivity contribution in [3.05, 3.63) is 59.7 Å². The summed E-state index contributed by atoms with van der Waals surface area (Å²) in [6.07, 6.45) is 0. The van der Waals surface area contributed by atoms with Gasteiger partial charge in [0.25, 0.3) is 0 Å². The minimum absolute atomic E-state index is 0.285. The molecule has 0 aliphatic carbocycles. The van der Waals surface area contributed by atoms with Crippen molar-refractivity contribution in [2.24, 2.45) is 4.99 Å². The van der Waals surface area contributed by atoms with E-state index >= 15 is 0 Å². The van der Waals surface area contributed by atoms with E-state index in [1.165, 1.54) is 0 Å². The Bertz CT molecular complexity index is 839. The first-order valence-electron chi connectivity index (χ1n) is 7.12. The zero-order valence-electron chi connectivity index (χ0n) is 12.9. The van der Waals surface area contributed by atoms with Crippen molar-refractivity contribution >= 4 is 35.0 Å². The van der Waals surface area contributed by atoms with Crippen LogP contribution in [0.1, 0.15) is 28.4 Å². The van der Waals surface area contributed by atoms with Gasteiger partial charge in [-0.3, -0.25) is 0 Å². The molecule has 0 saturated heterocycles. The van der Waals surface area contributed by atoms with Crippen LogP contribution in [0.25, 0.3) is 5.70 Å². The maximum atomic E-state index is 10.9. The first-order chi connectivity index (χ1) is 11.0. The van der Waals surface area contributed by atoms with Crippen molar-refractivity contribution in [1.29, 1.82) is 0 Å². The van der Waals surface area contributed by atoms with Gasteiger partial charge in [-0.1, -0.05) is 24.4 Å². The first-order valence-corrected chi connectivity index (χ1v) is 7.94. The second kappa shape index (κ2) is 5.93. The Morgan fingerprint density at radius 3 is 2.52 bits per heavy atom. The number of aliphatic imine (C=N–C) groups is 1. The van der Waals surface area contributed by atoms with E-state index in [1.807, 2.05) is 38.1 Å². The van der Waals surface area contributed by atoms with E-state index in [0.717, 1.165) is 38.1 Å². The van der Waals surface area contributed by atoms with E-state index < -0.39 is 5.97 Å². The minimum Gasteiger partial charge on any atom is -0.478 e. The van der Waals surface area contributed by atoms with E-state index in [1.54, 1.807) is 23.9 Å². The Kier molecular flexibility index (Phi) is 3.96. The van der Waals surface area contributed by atoms with Gasteiger partial charge in [-0.25, -0.2) is 9.79 Å². The van der Waals surface area contributed by atoms with Gasteiger partial charge in [-0.15, -0.1) is 0 Å². The minimum atomic E-state index is -0.919. The number of nitrogens with zero attached hydrogens (tertiary/aromatic N) is 1. The molecule has 0 bridgehead atoms. The monoisotopic (exact) mass is 324 g/mol. The summed E-state index contributed by atoms with van der Waals surface area (Å²) in [7, 11) is 0. The molecule has 0 spiro atoms. The van der Waals surface area contributed by atoms with Crippen LogP contribution in [0, 0.1) is 6.92 Å². The van der Waals surface area contributed by atoms with Crippen molar-refractivity contribution in [2.45, 2.75) is 23.6 Å². The molecular weight excluding hydrogens is 308 g/mol. The summed E-state index contributed by atoms with van der Waals surface area (Å²) >= 11 is 1.59. The van der Waals surface area contributed by atoms with Gasteiger partial charge in [0.15, 0.2) is 0 Å². The van der Waals surface area contributed by atoms with Crippen molar-refractivity contribution in [3.8, 4) is 0 Å². The molecule has 0 saturated carbocycles. The molecule has 0 atom stereocenters. The zero-order valence-corrected chi connectivity index (χ0v) is 13.7. The van der Waals surface area contributed by atoms with E-state index in [9.17, 15) is 4.79 Å². The standard InChI is InChI=1S/C18H16N2O2S/c1-10-4-9-15-16(11(2)19-12(3)20-15)17(10)23-14-7-5-13(6-8-14)18(21)22/h4-9H,2H2,1,3H3,(H,19,20)(H,21,22). The molecule has 2 N–H and O–H groups in total. The number of amidine groups is 1. The number of aromatic carboxylic acids is 1. The number of rotatable bonds is 3. The Balaban J connectivity index is 2.02. The van der Waals surface area contributed by atoms with E-state index in [4.69, 9.17) is 5.11 Å². The molecule has 0 aromatic heterocycles. The fraction of sp³-hybridized carbons (Fsp3) is 0.111. The topological polar surface area (TPSA) is 61.7 Å². The molecule has 0 radical (unpaired) electrons. The third kappa shape index (κ3) is 3.00. The number of carboxylic acids is 1. The Morgan fingerprint density at radius 2 is 1.87 bits per heavy atom. The molecule has 0 unspecified atom stereocenters. The maximum Gasteiger partial charge on any atom is 0.335 e. The average molecular weight is 324 g/mol. The Morgan fingerprint density at radius 1 is 1.17 bits per heavy atom. The van der Waals surface area contributed by atoms with Crippen molar-refractivity contribution in [2.75, 3.05) is 0 Å². The van der Waals surface area contributed by atoms with Crippen molar-refractivity contribution in [3.63, 3.8) is 0 Å². The van der Waals surface area contributed by atoms with Crippen LogP contribution < -0.4 is 5.32 Å². The lowest BCUT2D eigenvalue weighted by Crippen LogP contribution is -2.21. The Labute approximate surface area is 139 Å². The highest BCUT2D eigenvalue weighted by molar-refractivity contribution is 7.99. The normalized spacial score (nSPS) is 13.1. The molecule has 2 aromatic rings. The van der Waals surface area contributed by atoms with Crippen LogP contribution in [0.5, 0.6) is 0 Å². The summed E-state index contributed by atoms with van der Waals surface area (Å²) in [5.74, 6) is -0.0923. The summed E-state index contributed by atoms with van der Waals surface area (Å²) in [6, 6.07) is 10.9. The van der Waals surface area contributed by atoms with Gasteiger partial charge in [-0.05, 0) is 49.7 Å². The van der Waals surface area contributed by atoms with Crippen LogP contribution in [-0.2, 0) is 0 Å². The first kappa shape index (κ1) is 15.4. The highest BCUT2D eigenvalue weighted by atomic mass is 32.2. The molecule has 5 heteroatoms. The number of aryl methyl sites for hydroxylation is 1. The number of hydrogen-bond donors (Lipinski definition) is 2. The summed E-state index contributed by atoms with van der Waals surface area (Å²) in [5, 5.41) is 12.2. The lowest BCUT2D eigenvalue weighted by atomic mass is 10.1. The number of fused-ring (bicyclic) bond motifs is 1. The third-order valence-electron chi connectivity index (χ3n) is 3.58. The molecule has 116 valence electrons. The summed E-state index contributed by atoms with van der Waals surface area (Å²) < 4.78 is 0. The van der Waals surface area contributed by atoms with Gasteiger partial charge in [0.1, 0.15) is 5.84 Å². The van der Waals surface area contributed by atoms with Gasteiger partial charge in [0.2, 0.25) is 0 Å². The average Bonchev–Trinajstić information content (AvgIpc) is 2.50. The summed E-state index contributed by atoms with van der Waals surface area (Å²) in [6.45, 7) is 8.06. The number of hydrogen-bond acceptors (Lipinski definition) is 4. The molecule has 1 aliphatic heterocycles. The SMILES string of the molecule is C=C1NC(C)=Nc2ccc(C)c(Sc3ccc(C(=O)O)cc3)c21. The van der Waals surface area contributed by atoms with Crippen LogP contribution in [0.2, 0.25) is 0 Å². The molecular formula is C18H16N2O2S. The van der Waals surface area contributed by atoms with E-state index in [0.29, 0.717) is 0 Å². The van der Waals surface area contributed by atoms with Crippen molar-refractivity contribution < 1.29 is 9.90 Å². The smallest absolute Gasteiger partial charge is 0.335 e. The fourth-order valence-corrected chi connectivity index (χ4v) is 3.53. The number of carbonyl (C=O) groups is 1. The molecule has 2 aromatic carbocycles. The van der Waals surface area contributed by atoms with Crippen LogP contribution >= 0.6 is 11.8 Å². The number of carboxylic acid groups (broad SMARTS) is 1. The highest BCUT2D eigenvalue weighted by Gasteiger charge is 2.19. The molecule has 23 heavy (non-hydrogen) atoms. The predicted octanol–water partition coefficient (Wildman–Crippen LogP) is 4.47. The van der Waals surface area contributed by atoms with Crippen LogP contribution in [0.4, 0.5) is 5.69 Å². The lowest BCUT2D eigenvalue weighted by Gasteiger charge is -2.22. The Hall–Kier alpha value is -2.53. The van der Waals surface area contributed by atoms with Gasteiger partial charge in [0, 0.05) is 21.1 Å². The molecule has 0 fully saturated rings. The fourth-order valence-electron chi connectivity index (χ4n) is 2.47. The summed E-state index contributed by atoms with van der Waals surface area (Å²) in [4.78, 5) is 17.5. The second-order valence-corrected chi connectivity index (χ2v) is 6.42. The maximum absolute atomic E-state index is 10.9. The van der Waals surface area contributed by atoms with Gasteiger partial charge < -0.3 is 10.4 Å². The van der Waals surface area contributed by atoms with E-state index in [2.05, 4.69) is 16.9 Å². The molecule has 1 aliphatic rings. The van der Waals surface area contributed by atoms with Crippen LogP contribution in [-0.4, -0.2) is 16.9 Å². The molecule has 1 heterocycles. The largest absolute Gasteiger partial charge is 0.478 e. The molecule has 4 nitrogen and oxygen atoms in total. The molecule has 3 rings (SSSR count). The summed E-state index contributed by atoms with van der Waals surface area (Å²) in [5.41, 5.74) is 4.16. The molecule has 0 amide bonds. The van der Waals surface area contributed by atoms with Crippen molar-refractivity contribution in [1.82, 2.24) is 5.32 Å². The lowest BCUT2D eigenvalue weighted by molar-refractivity contribution is 0.0697. The van der Waals surface area contributed by atoms with Gasteiger partial charge >= 0.3 is 5.97 Å². The van der Waals surface area contributed by atoms with E-state index in [-0.39, 0.29) is 5.56 Å². The quantitative estimate of drug-likeness (QED) is 0.874. The van der Waals surface area contributed by atoms with Gasteiger partial charge in [0.05, 0.1) is 11.3 Å². The second-order valence-electron chi connectivity index (χ2n) is 5.34. The predicted molar refractivity (Wildman–Crippen MR) is 93.6 cm³/mol. The van der Waals surface area contributed by atoms with Crippen LogP contribution in [0.3, 0.4) is 0 Å². The third-order valence-corrected chi connectivity index (χ3v) is 4.81. The highest BCUT2D eigenvalue weighted by Crippen LogP contribution is 2.41. The number of benzene rings is 2. The number of nitrogens with one attached hydrogen (secondary N) is 1. The zero-order chi connectivity index (χ0) is 16.6. The van der Waals surface area contributed by atoms with Crippen LogP contribution in [0.15, 0.2) is 57.8 Å². The van der Waals surface area contributed by atoms with Gasteiger partial charge in [-0.2, -0.15) is 0 Å².